The van der Waals surface area contributed by atoms with Gasteiger partial charge in [0.05, 0.1) is 46.3 Å². The third-order valence-corrected chi connectivity index (χ3v) is 5.68. The van der Waals surface area contributed by atoms with Crippen LogP contribution in [0.4, 0.5) is 5.69 Å². The van der Waals surface area contributed by atoms with E-state index in [-0.39, 0.29) is 5.91 Å². The lowest BCUT2D eigenvalue weighted by atomic mass is 10.0. The van der Waals surface area contributed by atoms with Crippen molar-refractivity contribution in [3.63, 3.8) is 0 Å². The molecule has 8 heteroatoms. The number of halogens is 1. The van der Waals surface area contributed by atoms with Crippen molar-refractivity contribution in [3.05, 3.63) is 64.8 Å². The van der Waals surface area contributed by atoms with E-state index in [4.69, 9.17) is 26.1 Å². The van der Waals surface area contributed by atoms with Crippen molar-refractivity contribution in [2.75, 3.05) is 18.5 Å². The number of benzene rings is 2. The summed E-state index contributed by atoms with van der Waals surface area (Å²) in [4.78, 5) is 18.2. The molecule has 0 unspecified atom stereocenters. The molecule has 1 amide bonds. The van der Waals surface area contributed by atoms with Crippen molar-refractivity contribution in [1.82, 2.24) is 14.8 Å². The smallest absolute Gasteiger partial charge is 0.256 e. The van der Waals surface area contributed by atoms with E-state index in [1.165, 1.54) is 0 Å². The molecule has 2 aromatic heterocycles. The van der Waals surface area contributed by atoms with Crippen molar-refractivity contribution >= 4 is 34.2 Å². The molecule has 1 aliphatic heterocycles. The Morgan fingerprint density at radius 2 is 1.81 bits per heavy atom. The Morgan fingerprint density at radius 1 is 1.09 bits per heavy atom. The highest BCUT2D eigenvalue weighted by molar-refractivity contribution is 6.34. The number of pyridine rings is 1. The number of nitrogens with zero attached hydrogens (tertiary/aromatic N) is 3. The van der Waals surface area contributed by atoms with Crippen LogP contribution in [0.5, 0.6) is 11.5 Å². The lowest BCUT2D eigenvalue weighted by Gasteiger charge is -2.13. The van der Waals surface area contributed by atoms with Crippen LogP contribution in [0, 0.1) is 6.92 Å². The first-order chi connectivity index (χ1) is 15.5. The van der Waals surface area contributed by atoms with Crippen LogP contribution in [0.3, 0.4) is 0 Å². The average molecular weight is 449 g/mol. The standard InChI is InChI=1S/C24H21ClN4O3/c1-14-22-16(11-18(15-7-4-3-5-8-15)26-23(22)29(2)28-14)24(30)27-19-13-21-20(12-17(19)25)31-9-6-10-32-21/h3-5,7-8,11-13H,6,9-10H2,1-2H3,(H,27,30). The fourth-order valence-corrected chi connectivity index (χ4v) is 4.05. The molecule has 0 atom stereocenters. The minimum atomic E-state index is -0.304. The van der Waals surface area contributed by atoms with Gasteiger partial charge in [0.25, 0.3) is 5.91 Å². The quantitative estimate of drug-likeness (QED) is 0.476. The van der Waals surface area contributed by atoms with E-state index < -0.39 is 0 Å². The van der Waals surface area contributed by atoms with Crippen LogP contribution in [0.25, 0.3) is 22.3 Å². The van der Waals surface area contributed by atoms with Gasteiger partial charge >= 0.3 is 0 Å². The zero-order valence-electron chi connectivity index (χ0n) is 17.7. The summed E-state index contributed by atoms with van der Waals surface area (Å²) in [6.45, 7) is 2.97. The first-order valence-corrected chi connectivity index (χ1v) is 10.7. The second-order valence-corrected chi connectivity index (χ2v) is 8.02. The summed E-state index contributed by atoms with van der Waals surface area (Å²) in [6, 6.07) is 14.9. The van der Waals surface area contributed by atoms with E-state index in [1.54, 1.807) is 22.9 Å². The van der Waals surface area contributed by atoms with E-state index in [2.05, 4.69) is 10.4 Å². The summed E-state index contributed by atoms with van der Waals surface area (Å²) < 4.78 is 13.1. The molecule has 5 rings (SSSR count). The fourth-order valence-electron chi connectivity index (χ4n) is 3.85. The van der Waals surface area contributed by atoms with Gasteiger partial charge in [-0.05, 0) is 13.0 Å². The number of aromatic nitrogens is 3. The molecule has 162 valence electrons. The predicted molar refractivity (Wildman–Crippen MR) is 124 cm³/mol. The minimum absolute atomic E-state index is 0.304. The molecule has 0 aliphatic carbocycles. The number of aryl methyl sites for hydroxylation is 2. The molecule has 0 fully saturated rings. The Labute approximate surface area is 189 Å². The van der Waals surface area contributed by atoms with Gasteiger partial charge in [-0.2, -0.15) is 5.10 Å². The molecule has 2 aromatic carbocycles. The number of ether oxygens (including phenoxy) is 2. The molecule has 7 nitrogen and oxygen atoms in total. The topological polar surface area (TPSA) is 78.3 Å². The van der Waals surface area contributed by atoms with Gasteiger partial charge in [0.15, 0.2) is 17.1 Å². The second kappa shape index (κ2) is 8.16. The summed E-state index contributed by atoms with van der Waals surface area (Å²) >= 11 is 6.45. The Hall–Kier alpha value is -3.58. The average Bonchev–Trinajstić information content (AvgIpc) is 2.95. The lowest BCUT2D eigenvalue weighted by Crippen LogP contribution is -2.14. The maximum atomic E-state index is 13.5. The van der Waals surface area contributed by atoms with Crippen molar-refractivity contribution in [1.29, 1.82) is 0 Å². The molecule has 0 radical (unpaired) electrons. The summed E-state index contributed by atoms with van der Waals surface area (Å²) in [5.41, 5.74) is 3.89. The molecule has 0 bridgehead atoms. The maximum absolute atomic E-state index is 13.5. The van der Waals surface area contributed by atoms with Gasteiger partial charge in [0.2, 0.25) is 0 Å². The third kappa shape index (κ3) is 3.65. The Balaban J connectivity index is 1.58. The van der Waals surface area contributed by atoms with Crippen LogP contribution in [-0.4, -0.2) is 33.9 Å². The summed E-state index contributed by atoms with van der Waals surface area (Å²) in [5, 5.41) is 8.48. The second-order valence-electron chi connectivity index (χ2n) is 7.61. The lowest BCUT2D eigenvalue weighted by molar-refractivity contribution is 0.102. The van der Waals surface area contributed by atoms with Crippen molar-refractivity contribution in [3.8, 4) is 22.8 Å². The fraction of sp³-hybridized carbons (Fsp3) is 0.208. The predicted octanol–water partition coefficient (Wildman–Crippen LogP) is 5.01. The van der Waals surface area contributed by atoms with Gasteiger partial charge in [-0.3, -0.25) is 9.48 Å². The van der Waals surface area contributed by atoms with Crippen LogP contribution < -0.4 is 14.8 Å². The first-order valence-electron chi connectivity index (χ1n) is 10.3. The van der Waals surface area contributed by atoms with Crippen LogP contribution in [0.2, 0.25) is 5.02 Å². The Kier molecular flexibility index (Phi) is 5.19. The van der Waals surface area contributed by atoms with Gasteiger partial charge in [0.1, 0.15) is 0 Å². The van der Waals surface area contributed by atoms with Crippen molar-refractivity contribution in [2.45, 2.75) is 13.3 Å². The number of carbonyl (C=O) groups excluding carboxylic acids is 1. The van der Waals surface area contributed by atoms with E-state index >= 15 is 0 Å². The van der Waals surface area contributed by atoms with Gasteiger partial charge in [-0.1, -0.05) is 41.9 Å². The largest absolute Gasteiger partial charge is 0.490 e. The first kappa shape index (κ1) is 20.3. The molecule has 3 heterocycles. The highest BCUT2D eigenvalue weighted by atomic mass is 35.5. The van der Waals surface area contributed by atoms with Crippen LogP contribution >= 0.6 is 11.6 Å². The zero-order valence-corrected chi connectivity index (χ0v) is 18.4. The summed E-state index contributed by atoms with van der Waals surface area (Å²) in [7, 11) is 1.82. The zero-order chi connectivity index (χ0) is 22.2. The number of hydrogen-bond donors (Lipinski definition) is 1. The summed E-state index contributed by atoms with van der Waals surface area (Å²) in [5.74, 6) is 0.831. The molecule has 1 N–H and O–H groups in total. The van der Waals surface area contributed by atoms with Crippen LogP contribution in [0.1, 0.15) is 22.5 Å². The van der Waals surface area contributed by atoms with Gasteiger partial charge in [0, 0.05) is 31.2 Å². The van der Waals surface area contributed by atoms with E-state index in [9.17, 15) is 4.79 Å². The molecule has 4 aromatic rings. The number of hydrogen-bond acceptors (Lipinski definition) is 5. The number of anilines is 1. The van der Waals surface area contributed by atoms with Gasteiger partial charge < -0.3 is 14.8 Å². The number of fused-ring (bicyclic) bond motifs is 2. The van der Waals surface area contributed by atoms with E-state index in [0.29, 0.717) is 57.7 Å². The maximum Gasteiger partial charge on any atom is 0.256 e. The number of carbonyl (C=O) groups is 1. The monoisotopic (exact) mass is 448 g/mol. The highest BCUT2D eigenvalue weighted by Crippen LogP contribution is 2.38. The molecule has 0 spiro atoms. The van der Waals surface area contributed by atoms with Crippen LogP contribution in [-0.2, 0) is 7.05 Å². The number of amides is 1. The molecule has 0 saturated carbocycles. The number of nitrogens with one attached hydrogen (secondary N) is 1. The van der Waals surface area contributed by atoms with Crippen LogP contribution in [0.15, 0.2) is 48.5 Å². The Bertz CT molecular complexity index is 1330. The minimum Gasteiger partial charge on any atom is -0.490 e. The highest BCUT2D eigenvalue weighted by Gasteiger charge is 2.21. The van der Waals surface area contributed by atoms with Gasteiger partial charge in [-0.25, -0.2) is 4.98 Å². The Morgan fingerprint density at radius 3 is 2.56 bits per heavy atom. The normalized spacial score (nSPS) is 13.1. The number of rotatable bonds is 3. The third-order valence-electron chi connectivity index (χ3n) is 5.37. The molecule has 1 aliphatic rings. The van der Waals surface area contributed by atoms with E-state index in [1.807, 2.05) is 44.3 Å². The summed E-state index contributed by atoms with van der Waals surface area (Å²) in [6.07, 6.45) is 0.783. The van der Waals surface area contributed by atoms with Gasteiger partial charge in [-0.15, -0.1) is 0 Å². The van der Waals surface area contributed by atoms with Crippen molar-refractivity contribution in [2.24, 2.45) is 7.05 Å². The molecular weight excluding hydrogens is 428 g/mol. The molecule has 0 saturated heterocycles. The molecule has 32 heavy (non-hydrogen) atoms. The van der Waals surface area contributed by atoms with E-state index in [0.717, 1.165) is 17.7 Å². The molecular formula is C24H21ClN4O3. The van der Waals surface area contributed by atoms with Crippen molar-refractivity contribution < 1.29 is 14.3 Å². The SMILES string of the molecule is Cc1nn(C)c2nc(-c3ccccc3)cc(C(=O)Nc3cc4c(cc3Cl)OCCCO4)c12.